The van der Waals surface area contributed by atoms with Crippen molar-refractivity contribution in [3.8, 4) is 5.75 Å². The van der Waals surface area contributed by atoms with E-state index < -0.39 is 12.5 Å². The van der Waals surface area contributed by atoms with Gasteiger partial charge >= 0.3 is 6.36 Å². The molecule has 0 spiro atoms. The van der Waals surface area contributed by atoms with E-state index in [0.29, 0.717) is 11.1 Å². The van der Waals surface area contributed by atoms with Gasteiger partial charge in [-0.1, -0.05) is 6.07 Å². The number of halogens is 3. The smallest absolute Gasteiger partial charge is 0.406 e. The monoisotopic (exact) mass is 249 g/mol. The van der Waals surface area contributed by atoms with E-state index in [1.165, 1.54) is 12.1 Å². The molecule has 0 saturated carbocycles. The highest BCUT2D eigenvalue weighted by molar-refractivity contribution is 5.34. The van der Waals surface area contributed by atoms with Gasteiger partial charge < -0.3 is 15.6 Å². The number of ether oxygens (including phenoxy) is 1. The maximum atomic E-state index is 12.0. The van der Waals surface area contributed by atoms with Gasteiger partial charge in [0.15, 0.2) is 0 Å². The maximum Gasteiger partial charge on any atom is 0.573 e. The van der Waals surface area contributed by atoms with Crippen LogP contribution in [0.15, 0.2) is 18.2 Å². The van der Waals surface area contributed by atoms with Crippen molar-refractivity contribution in [1.29, 1.82) is 0 Å². The Morgan fingerprint density at radius 1 is 1.35 bits per heavy atom. The van der Waals surface area contributed by atoms with Crippen molar-refractivity contribution >= 4 is 0 Å². The van der Waals surface area contributed by atoms with Gasteiger partial charge in [-0.15, -0.1) is 13.2 Å². The van der Waals surface area contributed by atoms with E-state index in [0.717, 1.165) is 0 Å². The zero-order chi connectivity index (χ0) is 13.1. The zero-order valence-corrected chi connectivity index (χ0v) is 9.29. The SMILES string of the molecule is Cc1cc(C[C@@H](O)CN)cc(OC(F)(F)F)c1. The molecule has 6 heteroatoms. The van der Waals surface area contributed by atoms with Crippen LogP contribution in [-0.2, 0) is 6.42 Å². The lowest BCUT2D eigenvalue weighted by molar-refractivity contribution is -0.274. The van der Waals surface area contributed by atoms with Crippen LogP contribution in [-0.4, -0.2) is 24.1 Å². The normalized spacial score (nSPS) is 13.5. The molecule has 0 radical (unpaired) electrons. The van der Waals surface area contributed by atoms with E-state index in [1.54, 1.807) is 13.0 Å². The lowest BCUT2D eigenvalue weighted by atomic mass is 10.1. The van der Waals surface area contributed by atoms with Crippen molar-refractivity contribution in [2.45, 2.75) is 25.8 Å². The van der Waals surface area contributed by atoms with Crippen LogP contribution in [0.25, 0.3) is 0 Å². The number of hydrogen-bond acceptors (Lipinski definition) is 3. The van der Waals surface area contributed by atoms with Gasteiger partial charge in [-0.05, 0) is 36.6 Å². The van der Waals surface area contributed by atoms with Crippen LogP contribution >= 0.6 is 0 Å². The molecule has 0 aliphatic carbocycles. The van der Waals surface area contributed by atoms with Crippen molar-refractivity contribution in [3.05, 3.63) is 29.3 Å². The minimum atomic E-state index is -4.71. The van der Waals surface area contributed by atoms with Crippen LogP contribution in [0.3, 0.4) is 0 Å². The fourth-order valence-corrected chi connectivity index (χ4v) is 1.49. The summed E-state index contributed by atoms with van der Waals surface area (Å²) in [5, 5.41) is 9.34. The molecule has 3 N–H and O–H groups in total. The molecule has 0 heterocycles. The van der Waals surface area contributed by atoms with Gasteiger partial charge in [0.25, 0.3) is 0 Å². The van der Waals surface area contributed by atoms with Crippen LogP contribution in [0.1, 0.15) is 11.1 Å². The summed E-state index contributed by atoms with van der Waals surface area (Å²) in [7, 11) is 0. The number of aryl methyl sites for hydroxylation is 1. The number of rotatable bonds is 4. The highest BCUT2D eigenvalue weighted by Crippen LogP contribution is 2.25. The largest absolute Gasteiger partial charge is 0.573 e. The Kier molecular flexibility index (Phi) is 4.36. The first-order valence-corrected chi connectivity index (χ1v) is 5.04. The minimum absolute atomic E-state index is 0.0589. The fourth-order valence-electron chi connectivity index (χ4n) is 1.49. The second kappa shape index (κ2) is 5.37. The number of alkyl halides is 3. The summed E-state index contributed by atoms with van der Waals surface area (Å²) < 4.78 is 40.0. The van der Waals surface area contributed by atoms with Crippen molar-refractivity contribution < 1.29 is 23.0 Å². The zero-order valence-electron chi connectivity index (χ0n) is 9.29. The molecular weight excluding hydrogens is 235 g/mol. The lowest BCUT2D eigenvalue weighted by Gasteiger charge is -2.13. The van der Waals surface area contributed by atoms with Gasteiger partial charge in [0.1, 0.15) is 5.75 Å². The molecule has 1 aromatic rings. The average molecular weight is 249 g/mol. The van der Waals surface area contributed by atoms with E-state index >= 15 is 0 Å². The second-order valence-corrected chi connectivity index (χ2v) is 3.80. The maximum absolute atomic E-state index is 12.0. The summed E-state index contributed by atoms with van der Waals surface area (Å²) in [5.41, 5.74) is 6.42. The van der Waals surface area contributed by atoms with Gasteiger partial charge in [-0.25, -0.2) is 0 Å². The van der Waals surface area contributed by atoms with Gasteiger partial charge in [0.05, 0.1) is 6.10 Å². The molecule has 0 amide bonds. The number of aliphatic hydroxyl groups excluding tert-OH is 1. The molecule has 0 bridgehead atoms. The quantitative estimate of drug-likeness (QED) is 0.854. The molecule has 0 aliphatic heterocycles. The molecule has 1 rings (SSSR count). The Bertz CT molecular complexity index is 379. The van der Waals surface area contributed by atoms with E-state index in [2.05, 4.69) is 4.74 Å². The van der Waals surface area contributed by atoms with Crippen LogP contribution in [0, 0.1) is 6.92 Å². The Labute approximate surface area is 97.0 Å². The number of benzene rings is 1. The first-order valence-electron chi connectivity index (χ1n) is 5.04. The third-order valence-electron chi connectivity index (χ3n) is 2.09. The number of nitrogens with two attached hydrogens (primary N) is 1. The average Bonchev–Trinajstić information content (AvgIpc) is 2.13. The Balaban J connectivity index is 2.86. The summed E-state index contributed by atoms with van der Waals surface area (Å²) in [6.45, 7) is 1.71. The van der Waals surface area contributed by atoms with E-state index in [-0.39, 0.29) is 18.7 Å². The Hall–Kier alpha value is -1.27. The standard InChI is InChI=1S/C11H14F3NO2/c1-7-2-8(4-9(16)6-15)5-10(3-7)17-11(12,13)14/h2-3,5,9,16H,4,6,15H2,1H3/t9-/m1/s1. The first kappa shape index (κ1) is 13.8. The predicted molar refractivity (Wildman–Crippen MR) is 56.6 cm³/mol. The van der Waals surface area contributed by atoms with Gasteiger partial charge in [0.2, 0.25) is 0 Å². The van der Waals surface area contributed by atoms with Gasteiger partial charge in [-0.2, -0.15) is 0 Å². The molecule has 0 aliphatic rings. The highest BCUT2D eigenvalue weighted by Gasteiger charge is 2.31. The van der Waals surface area contributed by atoms with Crippen molar-refractivity contribution in [3.63, 3.8) is 0 Å². The van der Waals surface area contributed by atoms with Crippen molar-refractivity contribution in [1.82, 2.24) is 0 Å². The summed E-state index contributed by atoms with van der Waals surface area (Å²) >= 11 is 0. The molecule has 1 atom stereocenters. The summed E-state index contributed by atoms with van der Waals surface area (Å²) in [5.74, 6) is -0.281. The third-order valence-corrected chi connectivity index (χ3v) is 2.09. The Morgan fingerprint density at radius 3 is 2.53 bits per heavy atom. The summed E-state index contributed by atoms with van der Waals surface area (Å²) in [4.78, 5) is 0. The third kappa shape index (κ3) is 5.06. The molecule has 3 nitrogen and oxygen atoms in total. The number of hydrogen-bond donors (Lipinski definition) is 2. The molecule has 0 aromatic heterocycles. The van der Waals surface area contributed by atoms with Crippen molar-refractivity contribution in [2.24, 2.45) is 5.73 Å². The van der Waals surface area contributed by atoms with E-state index in [4.69, 9.17) is 5.73 Å². The highest BCUT2D eigenvalue weighted by atomic mass is 19.4. The van der Waals surface area contributed by atoms with E-state index in [9.17, 15) is 18.3 Å². The van der Waals surface area contributed by atoms with Crippen molar-refractivity contribution in [2.75, 3.05) is 6.54 Å². The first-order chi connectivity index (χ1) is 7.80. The Morgan fingerprint density at radius 2 is 2.00 bits per heavy atom. The molecular formula is C11H14F3NO2. The predicted octanol–water partition coefficient (Wildman–Crippen LogP) is 1.76. The second-order valence-electron chi connectivity index (χ2n) is 3.80. The molecule has 0 unspecified atom stereocenters. The van der Waals surface area contributed by atoms with Crippen LogP contribution < -0.4 is 10.5 Å². The van der Waals surface area contributed by atoms with Gasteiger partial charge in [-0.3, -0.25) is 0 Å². The molecule has 1 aromatic carbocycles. The van der Waals surface area contributed by atoms with Gasteiger partial charge in [0, 0.05) is 6.54 Å². The summed E-state index contributed by atoms with van der Waals surface area (Å²) in [6.07, 6.45) is -5.28. The minimum Gasteiger partial charge on any atom is -0.406 e. The molecule has 0 saturated heterocycles. The fraction of sp³-hybridized carbons (Fsp3) is 0.455. The molecule has 17 heavy (non-hydrogen) atoms. The summed E-state index contributed by atoms with van der Waals surface area (Å²) in [6, 6.07) is 4.22. The van der Waals surface area contributed by atoms with Crippen LogP contribution in [0.4, 0.5) is 13.2 Å². The molecule has 96 valence electrons. The number of aliphatic hydroxyl groups is 1. The van der Waals surface area contributed by atoms with Crippen LogP contribution in [0.5, 0.6) is 5.75 Å². The lowest BCUT2D eigenvalue weighted by Crippen LogP contribution is -2.22. The van der Waals surface area contributed by atoms with E-state index in [1.807, 2.05) is 0 Å². The molecule has 0 fully saturated rings. The topological polar surface area (TPSA) is 55.5 Å². The van der Waals surface area contributed by atoms with Crippen LogP contribution in [0.2, 0.25) is 0 Å².